The lowest BCUT2D eigenvalue weighted by Crippen LogP contribution is -2.30. The van der Waals surface area contributed by atoms with Crippen LogP contribution < -0.4 is 16.7 Å². The first kappa shape index (κ1) is 18.1. The molecule has 10 nitrogen and oxygen atoms in total. The second kappa shape index (κ2) is 8.06. The number of carboxylic acids is 1. The number of thioether (sulfide) groups is 1. The first-order valence-electron chi connectivity index (χ1n) is 6.89. The Hall–Kier alpha value is -3.21. The number of hydrazone groups is 1. The van der Waals surface area contributed by atoms with Gasteiger partial charge in [-0.3, -0.25) is 14.6 Å². The van der Waals surface area contributed by atoms with Crippen molar-refractivity contribution in [3.05, 3.63) is 56.2 Å². The predicted molar refractivity (Wildman–Crippen MR) is 89.9 cm³/mol. The van der Waals surface area contributed by atoms with Crippen molar-refractivity contribution in [3.8, 4) is 0 Å². The van der Waals surface area contributed by atoms with Crippen LogP contribution in [0.5, 0.6) is 0 Å². The number of hydrogen-bond acceptors (Lipinski definition) is 7. The lowest BCUT2D eigenvalue weighted by atomic mass is 10.1. The van der Waals surface area contributed by atoms with E-state index in [-0.39, 0.29) is 10.6 Å². The third-order valence-electron chi connectivity index (χ3n) is 2.88. The Morgan fingerprint density at radius 1 is 1.32 bits per heavy atom. The van der Waals surface area contributed by atoms with E-state index in [2.05, 4.69) is 20.7 Å². The van der Waals surface area contributed by atoms with Gasteiger partial charge in [-0.1, -0.05) is 23.9 Å². The molecule has 1 aromatic carbocycles. The summed E-state index contributed by atoms with van der Waals surface area (Å²) in [6, 6.07) is 5.92. The zero-order valence-electron chi connectivity index (χ0n) is 12.8. The highest BCUT2D eigenvalue weighted by atomic mass is 32.2. The molecule has 0 fully saturated rings. The number of aromatic amines is 2. The molecule has 0 bridgehead atoms. The number of H-pyrrole nitrogens is 2. The van der Waals surface area contributed by atoms with E-state index < -0.39 is 28.4 Å². The minimum atomic E-state index is -1.03. The molecule has 0 radical (unpaired) electrons. The van der Waals surface area contributed by atoms with Crippen LogP contribution in [0.25, 0.3) is 0 Å². The van der Waals surface area contributed by atoms with Crippen LogP contribution in [0.3, 0.4) is 0 Å². The third-order valence-corrected chi connectivity index (χ3v) is 3.95. The standard InChI is InChI=1S/C14H13N5O5S/c1-7(25-12-11(21)16-14(24)19-18-12)10(20)17-15-6-8-2-4-9(5-3-8)13(22)23/h2-7H,1H3,(H,17,20)(H,22,23)(H2,16,19,21,24)/b15-6+. The maximum Gasteiger partial charge on any atom is 0.342 e. The quantitative estimate of drug-likeness (QED) is 0.314. The van der Waals surface area contributed by atoms with Gasteiger partial charge < -0.3 is 5.11 Å². The number of nitrogens with one attached hydrogen (secondary N) is 3. The Morgan fingerprint density at radius 3 is 2.60 bits per heavy atom. The summed E-state index contributed by atoms with van der Waals surface area (Å²) in [4.78, 5) is 47.1. The highest BCUT2D eigenvalue weighted by Crippen LogP contribution is 2.16. The lowest BCUT2D eigenvalue weighted by molar-refractivity contribution is -0.120. The molecule has 0 aliphatic carbocycles. The van der Waals surface area contributed by atoms with Crippen LogP contribution in [-0.2, 0) is 4.79 Å². The molecule has 1 atom stereocenters. The lowest BCUT2D eigenvalue weighted by Gasteiger charge is -2.07. The van der Waals surface area contributed by atoms with Crippen molar-refractivity contribution in [2.45, 2.75) is 17.2 Å². The van der Waals surface area contributed by atoms with Gasteiger partial charge in [-0.15, -0.1) is 0 Å². The number of carbonyl (C=O) groups is 2. The summed E-state index contributed by atoms with van der Waals surface area (Å²) in [6.07, 6.45) is 1.35. The second-order valence-corrected chi connectivity index (χ2v) is 6.06. The largest absolute Gasteiger partial charge is 0.478 e. The van der Waals surface area contributed by atoms with Crippen molar-refractivity contribution in [1.29, 1.82) is 0 Å². The molecule has 25 heavy (non-hydrogen) atoms. The van der Waals surface area contributed by atoms with Crippen LogP contribution in [0.1, 0.15) is 22.8 Å². The maximum absolute atomic E-state index is 11.9. The summed E-state index contributed by atoms with van der Waals surface area (Å²) < 4.78 is 0. The number of aromatic nitrogens is 3. The van der Waals surface area contributed by atoms with Crippen molar-refractivity contribution >= 4 is 29.9 Å². The molecule has 2 aromatic rings. The number of amides is 1. The Morgan fingerprint density at radius 2 is 2.00 bits per heavy atom. The van der Waals surface area contributed by atoms with Crippen LogP contribution in [-0.4, -0.2) is 43.6 Å². The number of benzene rings is 1. The molecular weight excluding hydrogens is 350 g/mol. The summed E-state index contributed by atoms with van der Waals surface area (Å²) >= 11 is 0.862. The minimum absolute atomic E-state index is 0.0458. The summed E-state index contributed by atoms with van der Waals surface area (Å²) in [6.45, 7) is 1.55. The molecule has 0 saturated carbocycles. The van der Waals surface area contributed by atoms with Gasteiger partial charge in [0.25, 0.3) is 11.5 Å². The van der Waals surface area contributed by atoms with Gasteiger partial charge in [0.2, 0.25) is 0 Å². The molecule has 0 spiro atoms. The molecule has 11 heteroatoms. The number of nitrogens with zero attached hydrogens (tertiary/aromatic N) is 2. The zero-order valence-corrected chi connectivity index (χ0v) is 13.7. The second-order valence-electron chi connectivity index (χ2n) is 4.73. The van der Waals surface area contributed by atoms with Gasteiger partial charge in [-0.2, -0.15) is 10.2 Å². The number of rotatable bonds is 6. The first-order chi connectivity index (χ1) is 11.9. The normalized spacial score (nSPS) is 12.0. The van der Waals surface area contributed by atoms with E-state index in [0.29, 0.717) is 5.56 Å². The maximum atomic E-state index is 11.9. The molecule has 4 N–H and O–H groups in total. The molecule has 1 amide bonds. The van der Waals surface area contributed by atoms with Gasteiger partial charge in [0.1, 0.15) is 0 Å². The van der Waals surface area contributed by atoms with Gasteiger partial charge in [-0.25, -0.2) is 20.1 Å². The molecular formula is C14H13N5O5S. The molecule has 1 aromatic heterocycles. The van der Waals surface area contributed by atoms with Crippen LogP contribution in [0.4, 0.5) is 0 Å². The van der Waals surface area contributed by atoms with Crippen LogP contribution in [0, 0.1) is 0 Å². The fourth-order valence-corrected chi connectivity index (χ4v) is 2.36. The average Bonchev–Trinajstić information content (AvgIpc) is 2.57. The van der Waals surface area contributed by atoms with Gasteiger partial charge >= 0.3 is 11.7 Å². The SMILES string of the molecule is CC(Sc1n[nH]c(=O)[nH]c1=O)C(=O)N/N=C/c1ccc(C(=O)O)cc1. The monoisotopic (exact) mass is 363 g/mol. The Labute approximate surface area is 144 Å². The van der Waals surface area contributed by atoms with Gasteiger partial charge in [0.15, 0.2) is 5.03 Å². The van der Waals surface area contributed by atoms with Crippen molar-refractivity contribution in [1.82, 2.24) is 20.6 Å². The van der Waals surface area contributed by atoms with E-state index in [1.807, 2.05) is 4.98 Å². The summed E-state index contributed by atoms with van der Waals surface area (Å²) in [7, 11) is 0. The Kier molecular flexibility index (Phi) is 5.84. The van der Waals surface area contributed by atoms with E-state index in [1.165, 1.54) is 18.3 Å². The smallest absolute Gasteiger partial charge is 0.342 e. The summed E-state index contributed by atoms with van der Waals surface area (Å²) in [5.74, 6) is -1.51. The van der Waals surface area contributed by atoms with Crippen LogP contribution in [0.15, 0.2) is 44.0 Å². The summed E-state index contributed by atoms with van der Waals surface area (Å²) in [5.41, 5.74) is 1.63. The Bertz CT molecular complexity index is 918. The van der Waals surface area contributed by atoms with E-state index in [9.17, 15) is 19.2 Å². The highest BCUT2D eigenvalue weighted by Gasteiger charge is 2.16. The highest BCUT2D eigenvalue weighted by molar-refractivity contribution is 8.00. The third kappa shape index (κ3) is 5.14. The fourth-order valence-electron chi connectivity index (χ4n) is 1.61. The van der Waals surface area contributed by atoms with Gasteiger partial charge in [-0.05, 0) is 24.6 Å². The van der Waals surface area contributed by atoms with Gasteiger partial charge in [0.05, 0.1) is 17.0 Å². The number of aromatic carboxylic acids is 1. The summed E-state index contributed by atoms with van der Waals surface area (Å²) in [5, 5.41) is 17.5. The van der Waals surface area contributed by atoms with Crippen molar-refractivity contribution < 1.29 is 14.7 Å². The van der Waals surface area contributed by atoms with Crippen LogP contribution in [0.2, 0.25) is 0 Å². The zero-order chi connectivity index (χ0) is 18.4. The first-order valence-corrected chi connectivity index (χ1v) is 7.76. The number of hydrogen-bond donors (Lipinski definition) is 4. The molecule has 0 saturated heterocycles. The van der Waals surface area contributed by atoms with Crippen LogP contribution >= 0.6 is 11.8 Å². The topological polar surface area (TPSA) is 157 Å². The van der Waals surface area contributed by atoms with Crippen molar-refractivity contribution in [2.24, 2.45) is 5.10 Å². The van der Waals surface area contributed by atoms with E-state index in [0.717, 1.165) is 11.8 Å². The molecule has 2 rings (SSSR count). The van der Waals surface area contributed by atoms with E-state index in [4.69, 9.17) is 5.11 Å². The molecule has 130 valence electrons. The molecule has 0 aliphatic rings. The van der Waals surface area contributed by atoms with E-state index >= 15 is 0 Å². The van der Waals surface area contributed by atoms with Crippen molar-refractivity contribution in [2.75, 3.05) is 0 Å². The molecule has 1 heterocycles. The molecule has 0 aliphatic heterocycles. The van der Waals surface area contributed by atoms with Crippen molar-refractivity contribution in [3.63, 3.8) is 0 Å². The van der Waals surface area contributed by atoms with Gasteiger partial charge in [0, 0.05) is 0 Å². The number of carbonyl (C=O) groups excluding carboxylic acids is 1. The fraction of sp³-hybridized carbons (Fsp3) is 0.143. The molecule has 1 unspecified atom stereocenters. The predicted octanol–water partition coefficient (Wildman–Crippen LogP) is -0.213. The Balaban J connectivity index is 1.93. The number of carboxylic acid groups (broad SMARTS) is 1. The minimum Gasteiger partial charge on any atom is -0.478 e. The van der Waals surface area contributed by atoms with E-state index in [1.54, 1.807) is 19.1 Å². The average molecular weight is 363 g/mol.